The summed E-state index contributed by atoms with van der Waals surface area (Å²) in [7, 11) is 0. The molecule has 2 rings (SSSR count). The van der Waals surface area contributed by atoms with E-state index in [4.69, 9.17) is 9.84 Å². The number of carboxylic acids is 1. The molecule has 0 bridgehead atoms. The zero-order valence-electron chi connectivity index (χ0n) is 12.4. The molecule has 1 fully saturated rings. The zero-order valence-corrected chi connectivity index (χ0v) is 12.4. The van der Waals surface area contributed by atoms with Gasteiger partial charge in [-0.15, -0.1) is 0 Å². The Hall–Kier alpha value is -1.59. The van der Waals surface area contributed by atoms with Crippen LogP contribution in [0.25, 0.3) is 0 Å². The standard InChI is InChI=1S/C16H23NO4/c1-12(14-4-2-3-5-15(14)18)17-9-6-13(7-10-17)21-11-8-16(19)20/h2-5,12-13,18H,6-11H2,1H3,(H,19,20). The van der Waals surface area contributed by atoms with Crippen molar-refractivity contribution < 1.29 is 19.7 Å². The number of benzene rings is 1. The highest BCUT2D eigenvalue weighted by molar-refractivity contribution is 5.66. The Morgan fingerprint density at radius 2 is 2.05 bits per heavy atom. The lowest BCUT2D eigenvalue weighted by Crippen LogP contribution is -2.38. The second-order valence-corrected chi connectivity index (χ2v) is 5.48. The van der Waals surface area contributed by atoms with E-state index in [9.17, 15) is 9.90 Å². The van der Waals surface area contributed by atoms with Crippen LogP contribution in [0.1, 0.15) is 37.8 Å². The minimum Gasteiger partial charge on any atom is -0.508 e. The highest BCUT2D eigenvalue weighted by Gasteiger charge is 2.25. The van der Waals surface area contributed by atoms with Gasteiger partial charge in [0.05, 0.1) is 19.1 Å². The van der Waals surface area contributed by atoms with Crippen LogP contribution in [0.3, 0.4) is 0 Å². The number of hydrogen-bond acceptors (Lipinski definition) is 4. The monoisotopic (exact) mass is 293 g/mol. The Balaban J connectivity index is 1.81. The number of para-hydroxylation sites is 1. The van der Waals surface area contributed by atoms with Gasteiger partial charge in [0.1, 0.15) is 5.75 Å². The lowest BCUT2D eigenvalue weighted by Gasteiger charge is -2.36. The summed E-state index contributed by atoms with van der Waals surface area (Å²) in [6.07, 6.45) is 2.01. The van der Waals surface area contributed by atoms with E-state index >= 15 is 0 Å². The van der Waals surface area contributed by atoms with Crippen molar-refractivity contribution >= 4 is 5.97 Å². The van der Waals surface area contributed by atoms with Crippen LogP contribution in [-0.2, 0) is 9.53 Å². The lowest BCUT2D eigenvalue weighted by molar-refractivity contribution is -0.138. The van der Waals surface area contributed by atoms with E-state index in [-0.39, 0.29) is 25.2 Å². The third-order valence-corrected chi connectivity index (χ3v) is 4.08. The minimum absolute atomic E-state index is 0.0640. The van der Waals surface area contributed by atoms with Gasteiger partial charge in [-0.1, -0.05) is 18.2 Å². The Kier molecular flexibility index (Phi) is 5.59. The number of phenols is 1. The fourth-order valence-electron chi connectivity index (χ4n) is 2.78. The van der Waals surface area contributed by atoms with Gasteiger partial charge in [0, 0.05) is 24.7 Å². The minimum atomic E-state index is -0.819. The molecule has 5 heteroatoms. The molecule has 1 aromatic carbocycles. The molecule has 0 saturated carbocycles. The Morgan fingerprint density at radius 3 is 2.67 bits per heavy atom. The maximum atomic E-state index is 10.5. The highest BCUT2D eigenvalue weighted by Crippen LogP contribution is 2.30. The molecule has 0 amide bonds. The topological polar surface area (TPSA) is 70.0 Å². The van der Waals surface area contributed by atoms with E-state index in [1.165, 1.54) is 0 Å². The van der Waals surface area contributed by atoms with E-state index < -0.39 is 5.97 Å². The number of aliphatic carboxylic acids is 1. The first kappa shape index (κ1) is 15.8. The smallest absolute Gasteiger partial charge is 0.305 e. The van der Waals surface area contributed by atoms with E-state index in [0.717, 1.165) is 31.5 Å². The fourth-order valence-corrected chi connectivity index (χ4v) is 2.78. The van der Waals surface area contributed by atoms with Gasteiger partial charge in [-0.3, -0.25) is 9.69 Å². The predicted molar refractivity (Wildman–Crippen MR) is 79.3 cm³/mol. The molecule has 0 spiro atoms. The van der Waals surface area contributed by atoms with Crippen LogP contribution in [0.2, 0.25) is 0 Å². The number of nitrogens with zero attached hydrogens (tertiary/aromatic N) is 1. The highest BCUT2D eigenvalue weighted by atomic mass is 16.5. The average Bonchev–Trinajstić information content (AvgIpc) is 2.47. The van der Waals surface area contributed by atoms with E-state index in [1.54, 1.807) is 6.07 Å². The number of carbonyl (C=O) groups is 1. The van der Waals surface area contributed by atoms with Gasteiger partial charge < -0.3 is 14.9 Å². The first-order valence-corrected chi connectivity index (χ1v) is 7.43. The summed E-state index contributed by atoms with van der Waals surface area (Å²) in [6, 6.07) is 7.61. The van der Waals surface area contributed by atoms with Gasteiger partial charge in [-0.05, 0) is 25.8 Å². The van der Waals surface area contributed by atoms with Crippen molar-refractivity contribution in [1.29, 1.82) is 0 Å². The third kappa shape index (κ3) is 4.44. The summed E-state index contributed by atoms with van der Waals surface area (Å²) in [5.41, 5.74) is 0.947. The van der Waals surface area contributed by atoms with E-state index in [2.05, 4.69) is 11.8 Å². The zero-order chi connectivity index (χ0) is 15.2. The maximum Gasteiger partial charge on any atom is 0.305 e. The lowest BCUT2D eigenvalue weighted by atomic mass is 10.0. The summed E-state index contributed by atoms with van der Waals surface area (Å²) in [4.78, 5) is 12.8. The Labute approximate surface area is 125 Å². The van der Waals surface area contributed by atoms with Crippen LogP contribution in [-0.4, -0.2) is 46.9 Å². The molecule has 2 N–H and O–H groups in total. The van der Waals surface area contributed by atoms with Gasteiger partial charge in [0.15, 0.2) is 0 Å². The molecule has 0 aromatic heterocycles. The number of carboxylic acid groups (broad SMARTS) is 1. The first-order valence-electron chi connectivity index (χ1n) is 7.43. The van der Waals surface area contributed by atoms with Gasteiger partial charge in [0.25, 0.3) is 0 Å². The molecule has 5 nitrogen and oxygen atoms in total. The second kappa shape index (κ2) is 7.43. The molecular formula is C16H23NO4. The number of phenolic OH excluding ortho intramolecular Hbond substituents is 1. The van der Waals surface area contributed by atoms with Crippen LogP contribution in [0.15, 0.2) is 24.3 Å². The maximum absolute atomic E-state index is 10.5. The molecule has 1 aromatic rings. The van der Waals surface area contributed by atoms with Crippen molar-refractivity contribution in [2.75, 3.05) is 19.7 Å². The average molecular weight is 293 g/mol. The van der Waals surface area contributed by atoms with Crippen molar-refractivity contribution in [2.45, 2.75) is 38.3 Å². The molecule has 21 heavy (non-hydrogen) atoms. The summed E-state index contributed by atoms with van der Waals surface area (Å²) in [5.74, 6) is -0.481. The van der Waals surface area contributed by atoms with Crippen molar-refractivity contribution in [1.82, 2.24) is 4.90 Å². The second-order valence-electron chi connectivity index (χ2n) is 5.48. The van der Waals surface area contributed by atoms with Gasteiger partial charge in [-0.2, -0.15) is 0 Å². The molecule has 1 saturated heterocycles. The molecule has 1 atom stereocenters. The number of hydrogen-bond donors (Lipinski definition) is 2. The van der Waals surface area contributed by atoms with Gasteiger partial charge >= 0.3 is 5.97 Å². The number of likely N-dealkylation sites (tertiary alicyclic amines) is 1. The first-order chi connectivity index (χ1) is 10.1. The number of piperidine rings is 1. The van der Waals surface area contributed by atoms with E-state index in [1.807, 2.05) is 18.2 Å². The van der Waals surface area contributed by atoms with Crippen molar-refractivity contribution in [3.8, 4) is 5.75 Å². The molecule has 1 heterocycles. The molecular weight excluding hydrogens is 270 g/mol. The van der Waals surface area contributed by atoms with Crippen LogP contribution >= 0.6 is 0 Å². The van der Waals surface area contributed by atoms with Gasteiger partial charge in [0.2, 0.25) is 0 Å². The molecule has 1 aliphatic rings. The largest absolute Gasteiger partial charge is 0.508 e. The van der Waals surface area contributed by atoms with Crippen LogP contribution in [0, 0.1) is 0 Å². The predicted octanol–water partition coefficient (Wildman–Crippen LogP) is 2.41. The number of aromatic hydroxyl groups is 1. The fraction of sp³-hybridized carbons (Fsp3) is 0.562. The molecule has 116 valence electrons. The quantitative estimate of drug-likeness (QED) is 0.843. The molecule has 0 radical (unpaired) electrons. The summed E-state index contributed by atoms with van der Waals surface area (Å²) >= 11 is 0. The van der Waals surface area contributed by atoms with Crippen LogP contribution in [0.4, 0.5) is 0 Å². The van der Waals surface area contributed by atoms with Crippen molar-refractivity contribution in [2.24, 2.45) is 0 Å². The van der Waals surface area contributed by atoms with Crippen LogP contribution < -0.4 is 0 Å². The number of ether oxygens (including phenoxy) is 1. The summed E-state index contributed by atoms with van der Waals surface area (Å²) in [6.45, 7) is 4.18. The van der Waals surface area contributed by atoms with E-state index in [0.29, 0.717) is 5.75 Å². The van der Waals surface area contributed by atoms with Crippen molar-refractivity contribution in [3.63, 3.8) is 0 Å². The molecule has 1 aliphatic heterocycles. The van der Waals surface area contributed by atoms with Crippen LogP contribution in [0.5, 0.6) is 5.75 Å². The summed E-state index contributed by atoms with van der Waals surface area (Å²) in [5, 5.41) is 18.5. The Bertz CT molecular complexity index is 469. The normalized spacial score (nSPS) is 18.5. The summed E-state index contributed by atoms with van der Waals surface area (Å²) < 4.78 is 5.59. The van der Waals surface area contributed by atoms with Crippen molar-refractivity contribution in [3.05, 3.63) is 29.8 Å². The molecule has 1 unspecified atom stereocenters. The Morgan fingerprint density at radius 1 is 1.38 bits per heavy atom. The number of rotatable bonds is 6. The SMILES string of the molecule is CC(c1ccccc1O)N1CCC(OCCC(=O)O)CC1. The molecule has 0 aliphatic carbocycles. The third-order valence-electron chi connectivity index (χ3n) is 4.08. The van der Waals surface area contributed by atoms with Gasteiger partial charge in [-0.25, -0.2) is 0 Å².